The molecule has 8 nitrogen and oxygen atoms in total. The number of ether oxygens (including phenoxy) is 5. The minimum Gasteiger partial charge on any atom is -0.507 e. The first-order valence-electron chi connectivity index (χ1n) is 10.0. The molecular weight excluding hydrogens is 392 g/mol. The lowest BCUT2D eigenvalue weighted by Gasteiger charge is -2.17. The largest absolute Gasteiger partial charge is 0.507 e. The number of methoxy groups -OCH3 is 1. The Hall–Kier alpha value is -2.42. The highest BCUT2D eigenvalue weighted by Crippen LogP contribution is 2.48. The maximum absolute atomic E-state index is 12.8. The van der Waals surface area contributed by atoms with Crippen LogP contribution in [0, 0.1) is 0 Å². The second-order valence-corrected chi connectivity index (χ2v) is 8.29. The van der Waals surface area contributed by atoms with Gasteiger partial charge < -0.3 is 28.8 Å². The second-order valence-electron chi connectivity index (χ2n) is 8.29. The van der Waals surface area contributed by atoms with Crippen molar-refractivity contribution >= 4 is 11.8 Å². The summed E-state index contributed by atoms with van der Waals surface area (Å²) in [5.74, 6) is -1.56. The van der Waals surface area contributed by atoms with Crippen LogP contribution in [-0.2, 0) is 23.7 Å². The van der Waals surface area contributed by atoms with Gasteiger partial charge in [0.1, 0.15) is 35.4 Å². The summed E-state index contributed by atoms with van der Waals surface area (Å²) in [5.41, 5.74) is 0.551. The van der Waals surface area contributed by atoms with E-state index < -0.39 is 36.2 Å². The van der Waals surface area contributed by atoms with Crippen molar-refractivity contribution < 1.29 is 38.4 Å². The van der Waals surface area contributed by atoms with E-state index in [4.69, 9.17) is 23.7 Å². The number of epoxide rings is 1. The third kappa shape index (κ3) is 4.08. The van der Waals surface area contributed by atoms with E-state index >= 15 is 0 Å². The van der Waals surface area contributed by atoms with Crippen molar-refractivity contribution in [2.45, 2.75) is 69.9 Å². The van der Waals surface area contributed by atoms with Crippen molar-refractivity contribution in [2.75, 3.05) is 7.11 Å². The molecule has 0 aliphatic carbocycles. The van der Waals surface area contributed by atoms with Gasteiger partial charge in [-0.05, 0) is 32.9 Å². The Bertz CT molecular complexity index is 889. The molecule has 3 heterocycles. The lowest BCUT2D eigenvalue weighted by atomic mass is 9.97. The fourth-order valence-electron chi connectivity index (χ4n) is 4.02. The smallest absolute Gasteiger partial charge is 0.342 e. The minimum atomic E-state index is -0.886. The monoisotopic (exact) mass is 418 g/mol. The van der Waals surface area contributed by atoms with Crippen LogP contribution in [0.25, 0.3) is 0 Å². The summed E-state index contributed by atoms with van der Waals surface area (Å²) in [6, 6.07) is 3.03. The van der Waals surface area contributed by atoms with Gasteiger partial charge in [-0.25, -0.2) is 4.79 Å². The predicted octanol–water partition coefficient (Wildman–Crippen LogP) is 2.83. The highest BCUT2D eigenvalue weighted by molar-refractivity contribution is 5.95. The first-order chi connectivity index (χ1) is 14.2. The van der Waals surface area contributed by atoms with E-state index in [-0.39, 0.29) is 23.2 Å². The van der Waals surface area contributed by atoms with Crippen LogP contribution in [0.3, 0.4) is 0 Å². The Labute approximate surface area is 174 Å². The third-order valence-electron chi connectivity index (χ3n) is 5.44. The van der Waals surface area contributed by atoms with Crippen LogP contribution < -0.4 is 4.74 Å². The van der Waals surface area contributed by atoms with Crippen LogP contribution in [0.2, 0.25) is 0 Å². The lowest BCUT2D eigenvalue weighted by Crippen LogP contribution is -2.31. The maximum atomic E-state index is 12.8. The van der Waals surface area contributed by atoms with Crippen molar-refractivity contribution in [2.24, 2.45) is 0 Å². The fraction of sp³-hybridized carbons (Fsp3) is 0.545. The average Bonchev–Trinajstić information content (AvgIpc) is 3.35. The lowest BCUT2D eigenvalue weighted by molar-refractivity contribution is -0.153. The van der Waals surface area contributed by atoms with Gasteiger partial charge in [-0.1, -0.05) is 6.08 Å². The van der Waals surface area contributed by atoms with Crippen LogP contribution in [0.4, 0.5) is 0 Å². The summed E-state index contributed by atoms with van der Waals surface area (Å²) in [4.78, 5) is 25.5. The molecular formula is C22H26O8. The van der Waals surface area contributed by atoms with E-state index in [0.29, 0.717) is 24.2 Å². The normalized spacial score (nSPS) is 34.1. The van der Waals surface area contributed by atoms with E-state index in [1.807, 2.05) is 0 Å². The van der Waals surface area contributed by atoms with Crippen LogP contribution in [0.5, 0.6) is 11.5 Å². The molecule has 3 aliphatic heterocycles. The molecule has 0 spiro atoms. The number of hydrogen-bond donors (Lipinski definition) is 1. The topological polar surface area (TPSA) is 104 Å². The van der Waals surface area contributed by atoms with Gasteiger partial charge >= 0.3 is 5.97 Å². The summed E-state index contributed by atoms with van der Waals surface area (Å²) in [6.07, 6.45) is 1.37. The number of aromatic hydroxyl groups is 1. The van der Waals surface area contributed by atoms with Gasteiger partial charge in [0.25, 0.3) is 0 Å². The number of benzene rings is 1. The van der Waals surface area contributed by atoms with Gasteiger partial charge in [0.15, 0.2) is 11.6 Å². The molecule has 1 N–H and O–H groups in total. The molecule has 0 unspecified atom stereocenters. The zero-order valence-electron chi connectivity index (χ0n) is 17.4. The number of ketones is 1. The summed E-state index contributed by atoms with van der Waals surface area (Å²) in [7, 11) is 1.48. The number of rotatable bonds is 1. The molecule has 30 heavy (non-hydrogen) atoms. The Morgan fingerprint density at radius 3 is 2.63 bits per heavy atom. The van der Waals surface area contributed by atoms with Crippen molar-refractivity contribution in [3.05, 3.63) is 35.4 Å². The van der Waals surface area contributed by atoms with E-state index in [2.05, 4.69) is 0 Å². The van der Waals surface area contributed by atoms with Gasteiger partial charge in [-0.15, -0.1) is 0 Å². The molecule has 2 saturated heterocycles. The summed E-state index contributed by atoms with van der Waals surface area (Å²) in [6.45, 7) is 5.25. The van der Waals surface area contributed by atoms with Gasteiger partial charge in [0.05, 0.1) is 19.3 Å². The van der Waals surface area contributed by atoms with Crippen LogP contribution in [-0.4, -0.2) is 54.2 Å². The molecule has 1 aromatic carbocycles. The summed E-state index contributed by atoms with van der Waals surface area (Å²) >= 11 is 0. The van der Waals surface area contributed by atoms with Crippen LogP contribution >= 0.6 is 0 Å². The van der Waals surface area contributed by atoms with Crippen LogP contribution in [0.1, 0.15) is 55.6 Å². The van der Waals surface area contributed by atoms with E-state index in [0.717, 1.165) is 0 Å². The van der Waals surface area contributed by atoms with Gasteiger partial charge in [0, 0.05) is 24.5 Å². The number of carbonyl (C=O) groups is 2. The van der Waals surface area contributed by atoms with Crippen molar-refractivity contribution in [3.8, 4) is 11.5 Å². The average molecular weight is 418 g/mol. The molecule has 162 valence electrons. The fourth-order valence-corrected chi connectivity index (χ4v) is 4.02. The molecule has 0 amide bonds. The Kier molecular flexibility index (Phi) is 5.34. The van der Waals surface area contributed by atoms with Crippen LogP contribution in [0.15, 0.2) is 24.3 Å². The molecule has 0 radical (unpaired) electrons. The molecule has 2 fully saturated rings. The zero-order valence-corrected chi connectivity index (χ0v) is 17.4. The first-order valence-corrected chi connectivity index (χ1v) is 10.0. The van der Waals surface area contributed by atoms with Gasteiger partial charge in [-0.3, -0.25) is 4.79 Å². The quantitative estimate of drug-likeness (QED) is 0.549. The molecule has 3 aliphatic rings. The Morgan fingerprint density at radius 2 is 1.90 bits per heavy atom. The summed E-state index contributed by atoms with van der Waals surface area (Å²) in [5, 5.41) is 10.5. The first kappa shape index (κ1) is 20.8. The van der Waals surface area contributed by atoms with E-state index in [9.17, 15) is 14.7 Å². The molecule has 1 aromatic rings. The maximum Gasteiger partial charge on any atom is 0.342 e. The van der Waals surface area contributed by atoms with Gasteiger partial charge in [0.2, 0.25) is 0 Å². The van der Waals surface area contributed by atoms with Gasteiger partial charge in [-0.2, -0.15) is 0 Å². The highest BCUT2D eigenvalue weighted by Gasteiger charge is 2.51. The molecule has 4 rings (SSSR count). The third-order valence-corrected chi connectivity index (χ3v) is 5.44. The molecule has 8 heteroatoms. The highest BCUT2D eigenvalue weighted by atomic mass is 16.8. The summed E-state index contributed by atoms with van der Waals surface area (Å²) < 4.78 is 28.3. The number of phenolic OH excluding ortho intramolecular Hbond substituents is 1. The predicted molar refractivity (Wildman–Crippen MR) is 104 cm³/mol. The molecule has 0 bridgehead atoms. The number of hydrogen-bond acceptors (Lipinski definition) is 8. The SMILES string of the molecule is COc1cc(O)c2c(c1)[C@H]1O[C@@H]1C[C@@H]1OC(C)(C)O[C@@H]1C(=O)/C=C/C[C@H](C)OC2=O. The van der Waals surface area contributed by atoms with E-state index in [1.54, 1.807) is 32.9 Å². The number of cyclic esters (lactones) is 1. The number of carbonyl (C=O) groups excluding carboxylic acids is 2. The zero-order chi connectivity index (χ0) is 21.6. The number of esters is 1. The number of phenols is 1. The minimum absolute atomic E-state index is 0.0627. The molecule has 5 atom stereocenters. The van der Waals surface area contributed by atoms with E-state index in [1.165, 1.54) is 19.3 Å². The molecule has 0 aromatic heterocycles. The number of fused-ring (bicyclic) bond motifs is 4. The second kappa shape index (κ2) is 7.68. The van der Waals surface area contributed by atoms with Crippen molar-refractivity contribution in [1.82, 2.24) is 0 Å². The van der Waals surface area contributed by atoms with Crippen molar-refractivity contribution in [1.29, 1.82) is 0 Å². The Morgan fingerprint density at radius 1 is 1.13 bits per heavy atom. The molecule has 0 saturated carbocycles. The standard InChI is InChI=1S/C22H26O8/c1-11-6-5-7-14(23)20-17(29-22(2,3)30-20)10-16-19(28-16)13-8-12(26-4)9-15(24)18(13)21(25)27-11/h5,7-9,11,16-17,19-20,24H,6,10H2,1-4H3/b7-5+/t11-,16+,17-,19+,20+/m0/s1. The van der Waals surface area contributed by atoms with Crippen molar-refractivity contribution in [3.63, 3.8) is 0 Å². The Balaban J connectivity index is 1.70.